The predicted molar refractivity (Wildman–Crippen MR) is 59.0 cm³/mol. The summed E-state index contributed by atoms with van der Waals surface area (Å²) >= 11 is 9.12. The molecule has 0 atom stereocenters. The van der Waals surface area contributed by atoms with E-state index in [2.05, 4.69) is 32.8 Å². The van der Waals surface area contributed by atoms with E-state index < -0.39 is 0 Å². The first-order chi connectivity index (χ1) is 6.20. The van der Waals surface area contributed by atoms with Crippen LogP contribution in [0.2, 0.25) is 5.15 Å². The third-order valence-corrected chi connectivity index (χ3v) is 2.09. The van der Waals surface area contributed by atoms with Crippen molar-refractivity contribution in [3.63, 3.8) is 0 Å². The first-order valence-electron chi connectivity index (χ1n) is 3.83. The topological polar surface area (TPSA) is 24.9 Å². The van der Waals surface area contributed by atoms with Crippen LogP contribution in [0.15, 0.2) is 29.4 Å². The van der Waals surface area contributed by atoms with Crippen LogP contribution in [0.3, 0.4) is 0 Å². The SMILES string of the molecule is C=C(Br)CNCc1cccnc1Cl. The molecule has 0 aliphatic carbocycles. The molecule has 0 saturated heterocycles. The van der Waals surface area contributed by atoms with Gasteiger partial charge in [0, 0.05) is 29.3 Å². The molecule has 0 bridgehead atoms. The highest BCUT2D eigenvalue weighted by Gasteiger charge is 1.98. The van der Waals surface area contributed by atoms with Crippen molar-refractivity contribution in [2.24, 2.45) is 0 Å². The normalized spacial score (nSPS) is 10.0. The molecule has 0 aliphatic heterocycles. The van der Waals surface area contributed by atoms with Gasteiger partial charge in [-0.15, -0.1) is 0 Å². The summed E-state index contributed by atoms with van der Waals surface area (Å²) in [6, 6.07) is 3.81. The summed E-state index contributed by atoms with van der Waals surface area (Å²) in [5.41, 5.74) is 0.998. The first-order valence-corrected chi connectivity index (χ1v) is 5.00. The Morgan fingerprint density at radius 1 is 1.69 bits per heavy atom. The van der Waals surface area contributed by atoms with Gasteiger partial charge in [0.05, 0.1) is 0 Å². The van der Waals surface area contributed by atoms with Crippen molar-refractivity contribution in [2.45, 2.75) is 6.54 Å². The van der Waals surface area contributed by atoms with Crippen LogP contribution in [0, 0.1) is 0 Å². The third-order valence-electron chi connectivity index (χ3n) is 1.47. The molecule has 0 radical (unpaired) electrons. The molecule has 2 nitrogen and oxygen atoms in total. The number of rotatable bonds is 4. The number of nitrogens with zero attached hydrogens (tertiary/aromatic N) is 1. The van der Waals surface area contributed by atoms with Crippen LogP contribution < -0.4 is 5.32 Å². The lowest BCUT2D eigenvalue weighted by molar-refractivity contribution is 0.754. The van der Waals surface area contributed by atoms with Crippen molar-refractivity contribution in [3.05, 3.63) is 40.1 Å². The van der Waals surface area contributed by atoms with Crippen LogP contribution in [0.5, 0.6) is 0 Å². The van der Waals surface area contributed by atoms with Crippen LogP contribution in [0.25, 0.3) is 0 Å². The molecular formula is C9H10BrClN2. The standard InChI is InChI=1S/C9H10BrClN2/c1-7(10)5-12-6-8-3-2-4-13-9(8)11/h2-4,12H,1,5-6H2. The van der Waals surface area contributed by atoms with Crippen LogP contribution in [-0.2, 0) is 6.54 Å². The first kappa shape index (κ1) is 10.7. The monoisotopic (exact) mass is 260 g/mol. The Bertz CT molecular complexity index is 301. The maximum absolute atomic E-state index is 5.85. The zero-order chi connectivity index (χ0) is 9.68. The summed E-state index contributed by atoms with van der Waals surface area (Å²) in [4.78, 5) is 3.97. The summed E-state index contributed by atoms with van der Waals surface area (Å²) in [6.07, 6.45) is 1.68. The summed E-state index contributed by atoms with van der Waals surface area (Å²) in [5, 5.41) is 3.72. The molecule has 1 rings (SSSR count). The highest BCUT2D eigenvalue weighted by molar-refractivity contribution is 9.11. The van der Waals surface area contributed by atoms with E-state index in [-0.39, 0.29) is 0 Å². The van der Waals surface area contributed by atoms with Gasteiger partial charge in [-0.25, -0.2) is 4.98 Å². The van der Waals surface area contributed by atoms with Crippen molar-refractivity contribution < 1.29 is 0 Å². The minimum absolute atomic E-state index is 0.551. The Kier molecular flexibility index (Phi) is 4.42. The van der Waals surface area contributed by atoms with Crippen molar-refractivity contribution in [1.82, 2.24) is 10.3 Å². The molecule has 0 aromatic carbocycles. The van der Waals surface area contributed by atoms with Crippen LogP contribution in [-0.4, -0.2) is 11.5 Å². The van der Waals surface area contributed by atoms with Gasteiger partial charge in [-0.05, 0) is 6.07 Å². The van der Waals surface area contributed by atoms with E-state index in [9.17, 15) is 0 Å². The molecule has 0 aliphatic rings. The average Bonchev–Trinajstić information content (AvgIpc) is 2.08. The molecule has 1 heterocycles. The second-order valence-electron chi connectivity index (χ2n) is 2.57. The fourth-order valence-electron chi connectivity index (χ4n) is 0.884. The summed E-state index contributed by atoms with van der Waals surface area (Å²) in [6.45, 7) is 5.15. The van der Waals surface area contributed by atoms with E-state index in [4.69, 9.17) is 11.6 Å². The third kappa shape index (κ3) is 3.89. The van der Waals surface area contributed by atoms with Gasteiger partial charge in [0.25, 0.3) is 0 Å². The molecule has 1 aromatic heterocycles. The van der Waals surface area contributed by atoms with Gasteiger partial charge in [0.2, 0.25) is 0 Å². The van der Waals surface area contributed by atoms with E-state index in [1.807, 2.05) is 12.1 Å². The second-order valence-corrected chi connectivity index (χ2v) is 4.05. The molecule has 0 spiro atoms. The van der Waals surface area contributed by atoms with Crippen molar-refractivity contribution in [1.29, 1.82) is 0 Å². The summed E-state index contributed by atoms with van der Waals surface area (Å²) in [5.74, 6) is 0. The predicted octanol–water partition coefficient (Wildman–Crippen LogP) is 2.73. The van der Waals surface area contributed by atoms with Crippen molar-refractivity contribution in [3.8, 4) is 0 Å². The van der Waals surface area contributed by atoms with Gasteiger partial charge in [0.1, 0.15) is 5.15 Å². The molecule has 1 aromatic rings. The van der Waals surface area contributed by atoms with Gasteiger partial charge < -0.3 is 5.32 Å². The quantitative estimate of drug-likeness (QED) is 0.843. The Morgan fingerprint density at radius 2 is 2.46 bits per heavy atom. The molecule has 0 fully saturated rings. The molecule has 1 N–H and O–H groups in total. The average molecular weight is 262 g/mol. The van der Waals surface area contributed by atoms with Crippen LogP contribution in [0.4, 0.5) is 0 Å². The molecule has 0 saturated carbocycles. The van der Waals surface area contributed by atoms with Gasteiger partial charge >= 0.3 is 0 Å². The Balaban J connectivity index is 2.45. The van der Waals surface area contributed by atoms with Gasteiger partial charge in [-0.2, -0.15) is 0 Å². The molecule has 13 heavy (non-hydrogen) atoms. The number of hydrogen-bond donors (Lipinski definition) is 1. The number of hydrogen-bond acceptors (Lipinski definition) is 2. The van der Waals surface area contributed by atoms with Crippen molar-refractivity contribution in [2.75, 3.05) is 6.54 Å². The highest BCUT2D eigenvalue weighted by atomic mass is 79.9. The maximum atomic E-state index is 5.85. The lowest BCUT2D eigenvalue weighted by atomic mass is 10.3. The Labute approximate surface area is 91.1 Å². The van der Waals surface area contributed by atoms with E-state index in [0.29, 0.717) is 11.7 Å². The zero-order valence-corrected chi connectivity index (χ0v) is 9.40. The van der Waals surface area contributed by atoms with E-state index in [1.54, 1.807) is 6.20 Å². The molecule has 4 heteroatoms. The van der Waals surface area contributed by atoms with Gasteiger partial charge in [0.15, 0.2) is 0 Å². The number of aromatic nitrogens is 1. The van der Waals surface area contributed by atoms with E-state index >= 15 is 0 Å². The van der Waals surface area contributed by atoms with Crippen molar-refractivity contribution >= 4 is 27.5 Å². The van der Waals surface area contributed by atoms with E-state index in [0.717, 1.165) is 16.6 Å². The van der Waals surface area contributed by atoms with Crippen LogP contribution in [0.1, 0.15) is 5.56 Å². The van der Waals surface area contributed by atoms with Gasteiger partial charge in [-0.1, -0.05) is 40.2 Å². The molecule has 0 amide bonds. The second kappa shape index (κ2) is 5.37. The number of halogens is 2. The minimum Gasteiger partial charge on any atom is -0.308 e. The highest BCUT2D eigenvalue weighted by Crippen LogP contribution is 2.10. The van der Waals surface area contributed by atoms with Gasteiger partial charge in [-0.3, -0.25) is 0 Å². The fraction of sp³-hybridized carbons (Fsp3) is 0.222. The summed E-state index contributed by atoms with van der Waals surface area (Å²) < 4.78 is 0.924. The molecular weight excluding hydrogens is 251 g/mol. The van der Waals surface area contributed by atoms with E-state index in [1.165, 1.54) is 0 Å². The zero-order valence-electron chi connectivity index (χ0n) is 7.06. The van der Waals surface area contributed by atoms with Crippen LogP contribution >= 0.6 is 27.5 Å². The Hall–Kier alpha value is -0.380. The minimum atomic E-state index is 0.551. The lowest BCUT2D eigenvalue weighted by Crippen LogP contribution is -2.14. The number of pyridine rings is 1. The fourth-order valence-corrected chi connectivity index (χ4v) is 1.27. The Morgan fingerprint density at radius 3 is 3.08 bits per heavy atom. The largest absolute Gasteiger partial charge is 0.308 e. The number of nitrogens with one attached hydrogen (secondary N) is 1. The molecule has 70 valence electrons. The maximum Gasteiger partial charge on any atom is 0.133 e. The smallest absolute Gasteiger partial charge is 0.133 e. The molecule has 0 unspecified atom stereocenters. The summed E-state index contributed by atoms with van der Waals surface area (Å²) in [7, 11) is 0. The lowest BCUT2D eigenvalue weighted by Gasteiger charge is -2.04.